The normalized spacial score (nSPS) is 13.3. The average Bonchev–Trinajstić information content (AvgIpc) is 2.55. The van der Waals surface area contributed by atoms with Crippen LogP contribution in [0.2, 0.25) is 0 Å². The largest absolute Gasteiger partial charge is 0.309 e. The fourth-order valence-electron chi connectivity index (χ4n) is 1.23. The van der Waals surface area contributed by atoms with Gasteiger partial charge in [-0.1, -0.05) is 24.3 Å². The van der Waals surface area contributed by atoms with E-state index < -0.39 is 0 Å². The predicted octanol–water partition coefficient (Wildman–Crippen LogP) is 1.84. The van der Waals surface area contributed by atoms with Crippen molar-refractivity contribution in [2.24, 2.45) is 0 Å². The summed E-state index contributed by atoms with van der Waals surface area (Å²) in [6.07, 6.45) is 1.69. The highest BCUT2D eigenvalue weighted by atomic mass is 32.1. The second-order valence-electron chi connectivity index (χ2n) is 2.37. The van der Waals surface area contributed by atoms with Crippen molar-refractivity contribution in [3.63, 3.8) is 0 Å². The summed E-state index contributed by atoms with van der Waals surface area (Å²) >= 11 is 3.53. The summed E-state index contributed by atoms with van der Waals surface area (Å²) in [5.74, 6) is 0. The third-order valence-corrected chi connectivity index (χ3v) is 1.75. The number of nitrogens with one attached hydrogen (secondary N) is 1. The molecule has 0 amide bonds. The molecule has 0 saturated heterocycles. The van der Waals surface area contributed by atoms with Crippen LogP contribution < -0.4 is 5.32 Å². The molecule has 2 rings (SSSR count). The maximum atomic E-state index is 3.53. The van der Waals surface area contributed by atoms with Crippen LogP contribution in [-0.4, -0.2) is 6.26 Å². The molecule has 0 bridgehead atoms. The van der Waals surface area contributed by atoms with E-state index in [-0.39, 0.29) is 0 Å². The Morgan fingerprint density at radius 2 is 1.55 bits per heavy atom. The van der Waals surface area contributed by atoms with Crippen molar-refractivity contribution in [3.05, 3.63) is 35.4 Å². The van der Waals surface area contributed by atoms with E-state index in [1.54, 1.807) is 6.26 Å². The maximum absolute atomic E-state index is 3.53. The number of benzene rings is 1. The molecule has 2 heteroatoms. The van der Waals surface area contributed by atoms with E-state index in [2.05, 4.69) is 42.2 Å². The van der Waals surface area contributed by atoms with E-state index >= 15 is 0 Å². The minimum absolute atomic E-state index is 1.05. The quantitative estimate of drug-likeness (QED) is 0.562. The Labute approximate surface area is 73.2 Å². The highest BCUT2D eigenvalue weighted by molar-refractivity contribution is 7.79. The zero-order valence-electron chi connectivity index (χ0n) is 6.67. The second kappa shape index (κ2) is 4.42. The van der Waals surface area contributed by atoms with Gasteiger partial charge in [0.05, 0.1) is 0 Å². The summed E-state index contributed by atoms with van der Waals surface area (Å²) in [5.41, 5.74) is 2.91. The van der Waals surface area contributed by atoms with E-state index in [4.69, 9.17) is 0 Å². The predicted molar refractivity (Wildman–Crippen MR) is 51.9 cm³/mol. The first-order valence-corrected chi connectivity index (χ1v) is 4.58. The molecule has 0 radical (unpaired) electrons. The molecule has 0 unspecified atom stereocenters. The molecule has 11 heavy (non-hydrogen) atoms. The van der Waals surface area contributed by atoms with Crippen LogP contribution in [0, 0.1) is 0 Å². The first-order chi connectivity index (χ1) is 5.47. The summed E-state index contributed by atoms with van der Waals surface area (Å²) in [7, 11) is 0. The number of fused-ring (bicyclic) bond motifs is 1. The van der Waals surface area contributed by atoms with Gasteiger partial charge in [-0.2, -0.15) is 12.6 Å². The van der Waals surface area contributed by atoms with Crippen molar-refractivity contribution < 1.29 is 0 Å². The average molecular weight is 167 g/mol. The first-order valence-electron chi connectivity index (χ1n) is 3.69. The fraction of sp³-hybridized carbons (Fsp3) is 0.333. The first kappa shape index (κ1) is 8.62. The maximum Gasteiger partial charge on any atom is 0.0211 e. The lowest BCUT2D eigenvalue weighted by molar-refractivity contribution is 0.765. The van der Waals surface area contributed by atoms with Gasteiger partial charge in [-0.05, 0) is 17.4 Å². The van der Waals surface area contributed by atoms with Gasteiger partial charge in [-0.3, -0.25) is 0 Å². The van der Waals surface area contributed by atoms with Gasteiger partial charge in [-0.25, -0.2) is 0 Å². The van der Waals surface area contributed by atoms with Crippen LogP contribution in [0.1, 0.15) is 11.1 Å². The molecule has 1 heterocycles. The van der Waals surface area contributed by atoms with Crippen molar-refractivity contribution in [2.45, 2.75) is 13.1 Å². The zero-order valence-corrected chi connectivity index (χ0v) is 7.57. The lowest BCUT2D eigenvalue weighted by Crippen LogP contribution is -1.99. The van der Waals surface area contributed by atoms with Gasteiger partial charge in [0.25, 0.3) is 0 Å². The number of hydrogen-bond acceptors (Lipinski definition) is 2. The Hall–Kier alpha value is -0.470. The van der Waals surface area contributed by atoms with Gasteiger partial charge in [0.1, 0.15) is 0 Å². The van der Waals surface area contributed by atoms with E-state index in [9.17, 15) is 0 Å². The smallest absolute Gasteiger partial charge is 0.0211 e. The molecule has 1 nitrogen and oxygen atoms in total. The van der Waals surface area contributed by atoms with Crippen LogP contribution in [0.4, 0.5) is 0 Å². The van der Waals surface area contributed by atoms with E-state index in [0.29, 0.717) is 0 Å². The Morgan fingerprint density at radius 3 is 2.00 bits per heavy atom. The van der Waals surface area contributed by atoms with E-state index in [1.165, 1.54) is 11.1 Å². The minimum atomic E-state index is 1.05. The third-order valence-electron chi connectivity index (χ3n) is 1.75. The lowest BCUT2D eigenvalue weighted by atomic mass is 10.1. The lowest BCUT2D eigenvalue weighted by Gasteiger charge is -1.91. The van der Waals surface area contributed by atoms with Crippen LogP contribution in [0.15, 0.2) is 24.3 Å². The van der Waals surface area contributed by atoms with Crippen molar-refractivity contribution >= 4 is 12.6 Å². The fourth-order valence-corrected chi connectivity index (χ4v) is 1.23. The Balaban J connectivity index is 0.000000281. The molecule has 60 valence electrons. The minimum Gasteiger partial charge on any atom is -0.309 e. The zero-order chi connectivity index (χ0) is 8.10. The standard InChI is InChI=1S/C8H9N.CH4S/c1-2-4-8-6-9-5-7(8)3-1;1-2/h1-4,9H,5-6H2;2H,1H3. The highest BCUT2D eigenvalue weighted by Crippen LogP contribution is 2.12. The molecular formula is C9H13NS. The summed E-state index contributed by atoms with van der Waals surface area (Å²) in [5, 5.41) is 3.29. The summed E-state index contributed by atoms with van der Waals surface area (Å²) in [6.45, 7) is 2.10. The number of hydrogen-bond donors (Lipinski definition) is 2. The van der Waals surface area contributed by atoms with Gasteiger partial charge >= 0.3 is 0 Å². The third kappa shape index (κ3) is 1.98. The molecule has 1 aromatic rings. The monoisotopic (exact) mass is 167 g/mol. The topological polar surface area (TPSA) is 12.0 Å². The SMILES string of the molecule is CS.c1ccc2c(c1)CNC2. The number of thiol groups is 1. The van der Waals surface area contributed by atoms with Crippen LogP contribution in [0.5, 0.6) is 0 Å². The van der Waals surface area contributed by atoms with Crippen molar-refractivity contribution in [1.29, 1.82) is 0 Å². The van der Waals surface area contributed by atoms with Crippen LogP contribution in [0.3, 0.4) is 0 Å². The Kier molecular flexibility index (Phi) is 3.46. The summed E-state index contributed by atoms with van der Waals surface area (Å²) in [6, 6.07) is 8.53. The molecule has 0 spiro atoms. The molecular weight excluding hydrogens is 154 g/mol. The molecule has 0 fully saturated rings. The van der Waals surface area contributed by atoms with Gasteiger partial charge < -0.3 is 5.32 Å². The molecule has 1 N–H and O–H groups in total. The summed E-state index contributed by atoms with van der Waals surface area (Å²) < 4.78 is 0. The van der Waals surface area contributed by atoms with Crippen LogP contribution >= 0.6 is 12.6 Å². The molecule has 0 aliphatic carbocycles. The van der Waals surface area contributed by atoms with Gasteiger partial charge in [0, 0.05) is 13.1 Å². The Morgan fingerprint density at radius 1 is 1.09 bits per heavy atom. The van der Waals surface area contributed by atoms with Crippen molar-refractivity contribution in [2.75, 3.05) is 6.26 Å². The molecule has 1 aromatic carbocycles. The van der Waals surface area contributed by atoms with Gasteiger partial charge in [0.2, 0.25) is 0 Å². The van der Waals surface area contributed by atoms with Crippen LogP contribution in [0.25, 0.3) is 0 Å². The van der Waals surface area contributed by atoms with Crippen molar-refractivity contribution in [1.82, 2.24) is 5.32 Å². The molecule has 1 aliphatic heterocycles. The van der Waals surface area contributed by atoms with Gasteiger partial charge in [-0.15, -0.1) is 0 Å². The summed E-state index contributed by atoms with van der Waals surface area (Å²) in [4.78, 5) is 0. The molecule has 0 aromatic heterocycles. The van der Waals surface area contributed by atoms with E-state index in [1.807, 2.05) is 0 Å². The van der Waals surface area contributed by atoms with E-state index in [0.717, 1.165) is 13.1 Å². The van der Waals surface area contributed by atoms with Gasteiger partial charge in [0.15, 0.2) is 0 Å². The highest BCUT2D eigenvalue weighted by Gasteiger charge is 2.06. The molecule has 0 atom stereocenters. The number of rotatable bonds is 0. The van der Waals surface area contributed by atoms with Crippen LogP contribution in [-0.2, 0) is 13.1 Å². The molecule has 1 aliphatic rings. The Bertz CT molecular complexity index is 200. The van der Waals surface area contributed by atoms with Crippen molar-refractivity contribution in [3.8, 4) is 0 Å². The molecule has 0 saturated carbocycles. The second-order valence-corrected chi connectivity index (χ2v) is 2.37.